The third-order valence-corrected chi connectivity index (χ3v) is 7.30. The van der Waals surface area contributed by atoms with E-state index < -0.39 is 3.55 Å². The Kier molecular flexibility index (Phi) is 5.82. The lowest BCUT2D eigenvalue weighted by molar-refractivity contribution is -0.0740. The summed E-state index contributed by atoms with van der Waals surface area (Å²) in [5, 5.41) is 3.21. The Bertz CT molecular complexity index is 1140. The Morgan fingerprint density at radius 2 is 2.12 bits per heavy atom. The third-order valence-electron chi connectivity index (χ3n) is 6.10. The zero-order valence-corrected chi connectivity index (χ0v) is 19.8. The molecule has 5 rings (SSSR count). The van der Waals surface area contributed by atoms with Gasteiger partial charge in [-0.25, -0.2) is 14.4 Å². The van der Waals surface area contributed by atoms with Crippen molar-refractivity contribution in [1.82, 2.24) is 25.7 Å². The number of aryl methyl sites for hydroxylation is 1. The van der Waals surface area contributed by atoms with Gasteiger partial charge in [-0.1, -0.05) is 34.7 Å². The zero-order valence-electron chi connectivity index (χ0n) is 17.6. The molecule has 0 radical (unpaired) electrons. The van der Waals surface area contributed by atoms with Gasteiger partial charge in [-0.05, 0) is 55.0 Å². The molecule has 7 nitrogen and oxygen atoms in total. The number of benzene rings is 1. The molecule has 9 heteroatoms. The van der Waals surface area contributed by atoms with E-state index in [1.165, 1.54) is 6.07 Å². The van der Waals surface area contributed by atoms with Crippen molar-refractivity contribution in [2.75, 3.05) is 18.8 Å². The van der Waals surface area contributed by atoms with Gasteiger partial charge in [0.15, 0.2) is 0 Å². The highest BCUT2D eigenvalue weighted by Gasteiger charge is 2.43. The van der Waals surface area contributed by atoms with Crippen LogP contribution in [0.3, 0.4) is 0 Å². The van der Waals surface area contributed by atoms with Crippen LogP contribution in [-0.2, 0) is 14.8 Å². The number of fused-ring (bicyclic) bond motifs is 1. The van der Waals surface area contributed by atoms with Gasteiger partial charge in [0.2, 0.25) is 5.95 Å². The van der Waals surface area contributed by atoms with Gasteiger partial charge in [-0.3, -0.25) is 9.82 Å². The fraction of sp³-hybridized carbons (Fsp3) is 0.348. The number of aromatic nitrogens is 3. The molecule has 32 heavy (non-hydrogen) atoms. The van der Waals surface area contributed by atoms with Crippen LogP contribution in [0.5, 0.6) is 0 Å². The molecule has 3 heterocycles. The van der Waals surface area contributed by atoms with Gasteiger partial charge in [-0.2, -0.15) is 5.48 Å². The fourth-order valence-electron chi connectivity index (χ4n) is 4.56. The van der Waals surface area contributed by atoms with Crippen LogP contribution in [0.25, 0.3) is 11.1 Å². The number of anilines is 1. The molecule has 1 aliphatic heterocycles. The van der Waals surface area contributed by atoms with Crippen molar-refractivity contribution in [2.45, 2.75) is 35.3 Å². The van der Waals surface area contributed by atoms with Crippen LogP contribution in [0.4, 0.5) is 10.3 Å². The van der Waals surface area contributed by atoms with E-state index in [0.717, 1.165) is 53.2 Å². The molecule has 0 saturated carbocycles. The predicted molar refractivity (Wildman–Crippen MR) is 128 cm³/mol. The molecule has 0 spiro atoms. The molecule has 0 amide bonds. The summed E-state index contributed by atoms with van der Waals surface area (Å²) in [4.78, 5) is 19.2. The Labute approximate surface area is 199 Å². The van der Waals surface area contributed by atoms with Crippen molar-refractivity contribution in [3.63, 3.8) is 0 Å². The van der Waals surface area contributed by atoms with Crippen LogP contribution in [0, 0.1) is 12.7 Å². The lowest BCUT2D eigenvalue weighted by Gasteiger charge is -2.41. The maximum absolute atomic E-state index is 14.3. The SMILES string of the molecule is Cc1nc(N)nc2c1C(I)(NOC1CNC1)CC(c1ccc(F)cc1-c1cccnc1)C2. The number of nitrogens with one attached hydrogen (secondary N) is 2. The molecule has 1 saturated heterocycles. The third kappa shape index (κ3) is 4.09. The standard InChI is InChI=1S/C23H24FIN6O/c1-13-21-20(30-22(26)29-13)7-15(9-23(21,25)31-32-17-11-28-12-17)18-5-4-16(24)8-19(18)14-3-2-6-27-10-14/h2-6,8,10,15,17,28,31H,7,9,11-12H2,1H3,(H2,26,29,30). The molecule has 2 aromatic heterocycles. The second-order valence-electron chi connectivity index (χ2n) is 8.37. The maximum Gasteiger partial charge on any atom is 0.220 e. The highest BCUT2D eigenvalue weighted by atomic mass is 127. The van der Waals surface area contributed by atoms with Gasteiger partial charge in [0.05, 0.1) is 5.69 Å². The fourth-order valence-corrected chi connectivity index (χ4v) is 5.92. The smallest absolute Gasteiger partial charge is 0.220 e. The normalized spacial score (nSPS) is 22.9. The number of pyridine rings is 1. The van der Waals surface area contributed by atoms with Gasteiger partial charge >= 0.3 is 0 Å². The summed E-state index contributed by atoms with van der Waals surface area (Å²) >= 11 is 2.40. The van der Waals surface area contributed by atoms with Crippen LogP contribution in [0.1, 0.15) is 34.9 Å². The van der Waals surface area contributed by atoms with Crippen LogP contribution >= 0.6 is 22.6 Å². The van der Waals surface area contributed by atoms with E-state index in [0.29, 0.717) is 6.42 Å². The van der Waals surface area contributed by atoms with E-state index in [9.17, 15) is 4.39 Å². The Morgan fingerprint density at radius 1 is 1.28 bits per heavy atom. The Balaban J connectivity index is 1.58. The lowest BCUT2D eigenvalue weighted by Crippen LogP contribution is -2.54. The minimum absolute atomic E-state index is 0.0690. The summed E-state index contributed by atoms with van der Waals surface area (Å²) in [7, 11) is 0. The zero-order chi connectivity index (χ0) is 22.3. The van der Waals surface area contributed by atoms with Crippen LogP contribution in [0.2, 0.25) is 0 Å². The molecule has 0 bridgehead atoms. The molecule has 1 aromatic carbocycles. The molecule has 2 unspecified atom stereocenters. The van der Waals surface area contributed by atoms with Gasteiger partial charge in [-0.15, -0.1) is 0 Å². The number of nitrogen functional groups attached to an aromatic ring is 1. The molecule has 1 fully saturated rings. The predicted octanol–water partition coefficient (Wildman–Crippen LogP) is 3.38. The Hall–Kier alpha value is -2.21. The van der Waals surface area contributed by atoms with Crippen molar-refractivity contribution in [3.05, 3.63) is 71.1 Å². The van der Waals surface area contributed by atoms with E-state index in [-0.39, 0.29) is 23.8 Å². The minimum Gasteiger partial charge on any atom is -0.368 e. The monoisotopic (exact) mass is 546 g/mol. The van der Waals surface area contributed by atoms with Crippen molar-refractivity contribution in [1.29, 1.82) is 0 Å². The first kappa shape index (κ1) is 21.6. The number of hydrogen-bond donors (Lipinski definition) is 3. The van der Waals surface area contributed by atoms with Crippen molar-refractivity contribution < 1.29 is 9.23 Å². The molecule has 2 atom stereocenters. The Morgan fingerprint density at radius 3 is 2.84 bits per heavy atom. The first-order valence-electron chi connectivity index (χ1n) is 10.6. The summed E-state index contributed by atoms with van der Waals surface area (Å²) in [6.07, 6.45) is 5.01. The van der Waals surface area contributed by atoms with E-state index in [1.54, 1.807) is 18.5 Å². The summed E-state index contributed by atoms with van der Waals surface area (Å²) in [5.74, 6) is 0.0572. The first-order chi connectivity index (χ1) is 15.4. The van der Waals surface area contributed by atoms with E-state index >= 15 is 0 Å². The van der Waals surface area contributed by atoms with Crippen molar-refractivity contribution in [2.24, 2.45) is 0 Å². The average molecular weight is 546 g/mol. The first-order valence-corrected chi connectivity index (χ1v) is 11.7. The number of halogens is 2. The van der Waals surface area contributed by atoms with E-state index in [1.807, 2.05) is 25.1 Å². The van der Waals surface area contributed by atoms with Gasteiger partial charge in [0.1, 0.15) is 15.5 Å². The van der Waals surface area contributed by atoms with Gasteiger partial charge in [0.25, 0.3) is 0 Å². The topological polar surface area (TPSA) is 98.0 Å². The second-order valence-corrected chi connectivity index (χ2v) is 10.2. The van der Waals surface area contributed by atoms with E-state index in [2.05, 4.69) is 48.3 Å². The number of rotatable bonds is 5. The number of hydrogen-bond acceptors (Lipinski definition) is 7. The van der Waals surface area contributed by atoms with Gasteiger partial charge < -0.3 is 11.1 Å². The summed E-state index contributed by atoms with van der Waals surface area (Å²) in [6, 6.07) is 8.79. The second kappa shape index (κ2) is 8.62. The highest BCUT2D eigenvalue weighted by molar-refractivity contribution is 14.1. The largest absolute Gasteiger partial charge is 0.368 e. The summed E-state index contributed by atoms with van der Waals surface area (Å²) in [6.45, 7) is 3.59. The summed E-state index contributed by atoms with van der Waals surface area (Å²) < 4.78 is 13.7. The lowest BCUT2D eigenvalue weighted by atomic mass is 9.77. The highest BCUT2D eigenvalue weighted by Crippen LogP contribution is 2.48. The molecule has 1 aliphatic carbocycles. The van der Waals surface area contributed by atoms with Crippen molar-refractivity contribution >= 4 is 28.5 Å². The molecular formula is C23H24FIN6O. The van der Waals surface area contributed by atoms with Crippen LogP contribution < -0.4 is 16.5 Å². The molecule has 2 aliphatic rings. The molecule has 3 aromatic rings. The van der Waals surface area contributed by atoms with E-state index in [4.69, 9.17) is 10.6 Å². The number of hydroxylamine groups is 1. The quantitative estimate of drug-likeness (QED) is 0.196. The van der Waals surface area contributed by atoms with Crippen LogP contribution in [-0.4, -0.2) is 34.1 Å². The molecular weight excluding hydrogens is 522 g/mol. The number of nitrogens with zero attached hydrogens (tertiary/aromatic N) is 3. The van der Waals surface area contributed by atoms with Gasteiger partial charge in [0, 0.05) is 42.3 Å². The average Bonchev–Trinajstić information content (AvgIpc) is 2.72. The summed E-state index contributed by atoms with van der Waals surface area (Å²) in [5.41, 5.74) is 14.9. The minimum atomic E-state index is -0.552. The molecule has 4 N–H and O–H groups in total. The maximum atomic E-state index is 14.3. The number of nitrogens with two attached hydrogens (primary N) is 1. The van der Waals surface area contributed by atoms with Crippen LogP contribution in [0.15, 0.2) is 42.7 Å². The van der Waals surface area contributed by atoms with Crippen molar-refractivity contribution in [3.8, 4) is 11.1 Å². The molecule has 166 valence electrons. The number of alkyl halides is 1.